The van der Waals surface area contributed by atoms with E-state index >= 15 is 0 Å². The normalized spacial score (nSPS) is 11.9. The number of halogens is 1. The molecule has 1 N–H and O–H groups in total. The Morgan fingerprint density at radius 1 is 1.25 bits per heavy atom. The molecule has 2 aromatic rings. The standard InChI is InChI=1S/C15H15BrN2O2/c1-10-6-13(16)9-14(7-10)17-11(2)12-4-3-5-15(8-12)18(19)20/h3-9,11,17H,1-2H3. The fourth-order valence-corrected chi connectivity index (χ4v) is 2.67. The average molecular weight is 335 g/mol. The van der Waals surface area contributed by atoms with Crippen molar-refractivity contribution in [2.45, 2.75) is 19.9 Å². The quantitative estimate of drug-likeness (QED) is 0.642. The Hall–Kier alpha value is -1.88. The Labute approximate surface area is 126 Å². The third-order valence-corrected chi connectivity index (χ3v) is 3.46. The second-order valence-corrected chi connectivity index (χ2v) is 5.65. The number of hydrogen-bond donors (Lipinski definition) is 1. The number of rotatable bonds is 4. The highest BCUT2D eigenvalue weighted by atomic mass is 79.9. The highest BCUT2D eigenvalue weighted by Crippen LogP contribution is 2.25. The van der Waals surface area contributed by atoms with Crippen LogP contribution in [0.25, 0.3) is 0 Å². The van der Waals surface area contributed by atoms with Crippen molar-refractivity contribution in [2.75, 3.05) is 5.32 Å². The molecular formula is C15H15BrN2O2. The molecule has 0 saturated heterocycles. The lowest BCUT2D eigenvalue weighted by Gasteiger charge is -2.16. The summed E-state index contributed by atoms with van der Waals surface area (Å²) in [6.07, 6.45) is 0. The molecule has 0 spiro atoms. The fraction of sp³-hybridized carbons (Fsp3) is 0.200. The van der Waals surface area contributed by atoms with Crippen LogP contribution in [0, 0.1) is 17.0 Å². The maximum absolute atomic E-state index is 10.8. The minimum absolute atomic E-state index is 0.0106. The van der Waals surface area contributed by atoms with Gasteiger partial charge in [-0.3, -0.25) is 10.1 Å². The first kappa shape index (κ1) is 14.5. The minimum atomic E-state index is -0.376. The predicted octanol–water partition coefficient (Wildman–Crippen LogP) is 4.84. The van der Waals surface area contributed by atoms with E-state index in [1.54, 1.807) is 12.1 Å². The van der Waals surface area contributed by atoms with Gasteiger partial charge in [-0.05, 0) is 43.2 Å². The molecule has 0 aliphatic heterocycles. The Bertz CT molecular complexity index is 623. The van der Waals surface area contributed by atoms with Crippen LogP contribution < -0.4 is 5.32 Å². The fourth-order valence-electron chi connectivity index (χ4n) is 2.06. The van der Waals surface area contributed by atoms with E-state index < -0.39 is 0 Å². The summed E-state index contributed by atoms with van der Waals surface area (Å²) < 4.78 is 1.01. The van der Waals surface area contributed by atoms with E-state index in [1.807, 2.05) is 38.1 Å². The zero-order chi connectivity index (χ0) is 14.7. The van der Waals surface area contributed by atoms with E-state index in [1.165, 1.54) is 6.07 Å². The summed E-state index contributed by atoms with van der Waals surface area (Å²) in [5, 5.41) is 14.2. The zero-order valence-electron chi connectivity index (χ0n) is 11.3. The molecular weight excluding hydrogens is 320 g/mol. The van der Waals surface area contributed by atoms with Crippen LogP contribution in [-0.4, -0.2) is 4.92 Å². The predicted molar refractivity (Wildman–Crippen MR) is 84.0 cm³/mol. The molecule has 0 aliphatic carbocycles. The van der Waals surface area contributed by atoms with Crippen LogP contribution in [0.15, 0.2) is 46.9 Å². The van der Waals surface area contributed by atoms with E-state index in [0.29, 0.717) is 0 Å². The van der Waals surface area contributed by atoms with E-state index in [9.17, 15) is 10.1 Å². The number of aryl methyl sites for hydroxylation is 1. The molecule has 104 valence electrons. The van der Waals surface area contributed by atoms with Crippen molar-refractivity contribution in [1.29, 1.82) is 0 Å². The Kier molecular flexibility index (Phi) is 4.39. The summed E-state index contributed by atoms with van der Waals surface area (Å²) in [6, 6.07) is 12.7. The van der Waals surface area contributed by atoms with Gasteiger partial charge < -0.3 is 5.32 Å². The first-order valence-corrected chi connectivity index (χ1v) is 7.03. The largest absolute Gasteiger partial charge is 0.378 e. The van der Waals surface area contributed by atoms with Crippen molar-refractivity contribution in [2.24, 2.45) is 0 Å². The molecule has 0 amide bonds. The first-order chi connectivity index (χ1) is 9.45. The number of benzene rings is 2. The average Bonchev–Trinajstić information content (AvgIpc) is 2.37. The molecule has 0 aromatic heterocycles. The molecule has 0 aliphatic rings. The number of nitro benzene ring substituents is 1. The smallest absolute Gasteiger partial charge is 0.269 e. The van der Waals surface area contributed by atoms with Gasteiger partial charge in [0.15, 0.2) is 0 Å². The second-order valence-electron chi connectivity index (χ2n) is 4.74. The van der Waals surface area contributed by atoms with Crippen molar-refractivity contribution in [3.8, 4) is 0 Å². The second kappa shape index (κ2) is 6.05. The van der Waals surface area contributed by atoms with Crippen molar-refractivity contribution in [1.82, 2.24) is 0 Å². The molecule has 4 nitrogen and oxygen atoms in total. The lowest BCUT2D eigenvalue weighted by molar-refractivity contribution is -0.384. The van der Waals surface area contributed by atoms with Crippen molar-refractivity contribution >= 4 is 27.3 Å². The molecule has 0 bridgehead atoms. The molecule has 20 heavy (non-hydrogen) atoms. The van der Waals surface area contributed by atoms with Gasteiger partial charge in [0, 0.05) is 28.3 Å². The highest BCUT2D eigenvalue weighted by molar-refractivity contribution is 9.10. The van der Waals surface area contributed by atoms with Gasteiger partial charge >= 0.3 is 0 Å². The van der Waals surface area contributed by atoms with Crippen LogP contribution in [0.5, 0.6) is 0 Å². The Morgan fingerprint density at radius 2 is 2.00 bits per heavy atom. The lowest BCUT2D eigenvalue weighted by atomic mass is 10.1. The van der Waals surface area contributed by atoms with E-state index in [-0.39, 0.29) is 16.7 Å². The number of non-ortho nitro benzene ring substituents is 1. The van der Waals surface area contributed by atoms with Crippen LogP contribution in [-0.2, 0) is 0 Å². The van der Waals surface area contributed by atoms with Crippen molar-refractivity contribution < 1.29 is 4.92 Å². The molecule has 5 heteroatoms. The third kappa shape index (κ3) is 3.57. The maximum atomic E-state index is 10.8. The van der Waals surface area contributed by atoms with E-state index in [2.05, 4.69) is 21.2 Å². The summed E-state index contributed by atoms with van der Waals surface area (Å²) in [6.45, 7) is 4.00. The van der Waals surface area contributed by atoms with Crippen LogP contribution in [0.4, 0.5) is 11.4 Å². The van der Waals surface area contributed by atoms with Crippen LogP contribution in [0.2, 0.25) is 0 Å². The summed E-state index contributed by atoms with van der Waals surface area (Å²) in [7, 11) is 0. The van der Waals surface area contributed by atoms with Crippen LogP contribution in [0.1, 0.15) is 24.1 Å². The summed E-state index contributed by atoms with van der Waals surface area (Å²) in [5.74, 6) is 0. The first-order valence-electron chi connectivity index (χ1n) is 6.24. The minimum Gasteiger partial charge on any atom is -0.378 e. The molecule has 0 heterocycles. The number of hydrogen-bond acceptors (Lipinski definition) is 3. The zero-order valence-corrected chi connectivity index (χ0v) is 12.8. The number of nitrogens with zero attached hydrogens (tertiary/aromatic N) is 1. The van der Waals surface area contributed by atoms with Crippen LogP contribution in [0.3, 0.4) is 0 Å². The van der Waals surface area contributed by atoms with Gasteiger partial charge in [-0.2, -0.15) is 0 Å². The SMILES string of the molecule is Cc1cc(Br)cc(NC(C)c2cccc([N+](=O)[O-])c2)c1. The molecule has 2 rings (SSSR count). The monoisotopic (exact) mass is 334 g/mol. The van der Waals surface area contributed by atoms with Crippen molar-refractivity contribution in [3.63, 3.8) is 0 Å². The third-order valence-electron chi connectivity index (χ3n) is 3.01. The van der Waals surface area contributed by atoms with E-state index in [0.717, 1.165) is 21.3 Å². The van der Waals surface area contributed by atoms with Crippen LogP contribution >= 0.6 is 15.9 Å². The number of nitro groups is 1. The lowest BCUT2D eigenvalue weighted by Crippen LogP contribution is -2.07. The molecule has 1 unspecified atom stereocenters. The van der Waals surface area contributed by atoms with Gasteiger partial charge in [-0.25, -0.2) is 0 Å². The molecule has 0 radical (unpaired) electrons. The molecule has 2 aromatic carbocycles. The van der Waals surface area contributed by atoms with Gasteiger partial charge in [0.25, 0.3) is 5.69 Å². The van der Waals surface area contributed by atoms with Gasteiger partial charge in [-0.1, -0.05) is 28.1 Å². The van der Waals surface area contributed by atoms with E-state index in [4.69, 9.17) is 0 Å². The topological polar surface area (TPSA) is 55.2 Å². The Balaban J connectivity index is 2.21. The number of anilines is 1. The highest BCUT2D eigenvalue weighted by Gasteiger charge is 2.11. The summed E-state index contributed by atoms with van der Waals surface area (Å²) >= 11 is 3.46. The van der Waals surface area contributed by atoms with Gasteiger partial charge in [-0.15, -0.1) is 0 Å². The van der Waals surface area contributed by atoms with Gasteiger partial charge in [0.2, 0.25) is 0 Å². The molecule has 0 saturated carbocycles. The Morgan fingerprint density at radius 3 is 2.65 bits per heavy atom. The molecule has 1 atom stereocenters. The molecule has 0 fully saturated rings. The van der Waals surface area contributed by atoms with Gasteiger partial charge in [0.1, 0.15) is 0 Å². The maximum Gasteiger partial charge on any atom is 0.269 e. The van der Waals surface area contributed by atoms with Gasteiger partial charge in [0.05, 0.1) is 4.92 Å². The summed E-state index contributed by atoms with van der Waals surface area (Å²) in [5.41, 5.74) is 3.13. The van der Waals surface area contributed by atoms with Crippen molar-refractivity contribution in [3.05, 3.63) is 68.2 Å². The number of nitrogens with one attached hydrogen (secondary N) is 1. The summed E-state index contributed by atoms with van der Waals surface area (Å²) in [4.78, 5) is 10.4.